The molecule has 2 aromatic heterocycles. The van der Waals surface area contributed by atoms with E-state index >= 15 is 0 Å². The van der Waals surface area contributed by atoms with Gasteiger partial charge in [-0.1, -0.05) is 0 Å². The number of thiazole rings is 1. The minimum atomic E-state index is -0.131. The van der Waals surface area contributed by atoms with Crippen molar-refractivity contribution in [3.05, 3.63) is 36.3 Å². The van der Waals surface area contributed by atoms with Crippen molar-refractivity contribution in [3.8, 4) is 0 Å². The third-order valence-corrected chi connectivity index (χ3v) is 3.84. The lowest BCUT2D eigenvalue weighted by atomic mass is 10.5. The average molecular weight is 348 g/mol. The second kappa shape index (κ2) is 4.91. The van der Waals surface area contributed by atoms with Crippen LogP contribution in [0.5, 0.6) is 0 Å². The summed E-state index contributed by atoms with van der Waals surface area (Å²) in [5.74, 6) is 0.595. The minimum absolute atomic E-state index is 0.131. The molecule has 84 valence electrons. The van der Waals surface area contributed by atoms with Crippen LogP contribution in [0.2, 0.25) is 0 Å². The van der Waals surface area contributed by atoms with Crippen molar-refractivity contribution < 1.29 is 0 Å². The summed E-state index contributed by atoms with van der Waals surface area (Å²) < 4.78 is 0.563. The molecule has 0 saturated carbocycles. The zero-order valence-electron chi connectivity index (χ0n) is 8.45. The van der Waals surface area contributed by atoms with Gasteiger partial charge in [-0.15, -0.1) is 11.3 Å². The highest BCUT2D eigenvalue weighted by Gasteiger charge is 2.05. The van der Waals surface area contributed by atoms with E-state index in [1.807, 2.05) is 34.9 Å². The Kier molecular flexibility index (Phi) is 3.54. The summed E-state index contributed by atoms with van der Waals surface area (Å²) >= 11 is 3.56. The Bertz CT molecular complexity index is 550. The lowest BCUT2D eigenvalue weighted by molar-refractivity contribution is 1.02. The van der Waals surface area contributed by atoms with Gasteiger partial charge in [0, 0.05) is 11.1 Å². The molecule has 0 spiro atoms. The zero-order valence-corrected chi connectivity index (χ0v) is 11.4. The van der Waals surface area contributed by atoms with Gasteiger partial charge in [0.15, 0.2) is 0 Å². The van der Waals surface area contributed by atoms with Crippen molar-refractivity contribution in [2.24, 2.45) is 0 Å². The fraction of sp³-hybridized carbons (Fsp3) is 0.222. The molecule has 0 aliphatic heterocycles. The van der Waals surface area contributed by atoms with Crippen molar-refractivity contribution in [2.45, 2.75) is 13.5 Å². The van der Waals surface area contributed by atoms with Crippen molar-refractivity contribution in [3.63, 3.8) is 0 Å². The second-order valence-electron chi connectivity index (χ2n) is 3.13. The van der Waals surface area contributed by atoms with Gasteiger partial charge in [-0.25, -0.2) is 9.97 Å². The highest BCUT2D eigenvalue weighted by atomic mass is 127. The molecular weight excluding hydrogens is 339 g/mol. The number of hydrogen-bond donors (Lipinski definition) is 2. The van der Waals surface area contributed by atoms with Crippen molar-refractivity contribution in [1.82, 2.24) is 15.0 Å². The molecule has 0 saturated heterocycles. The monoisotopic (exact) mass is 348 g/mol. The first kappa shape index (κ1) is 11.5. The summed E-state index contributed by atoms with van der Waals surface area (Å²) in [4.78, 5) is 22.2. The fourth-order valence-corrected chi connectivity index (χ4v) is 2.35. The molecule has 7 heteroatoms. The van der Waals surface area contributed by atoms with Crippen molar-refractivity contribution in [2.75, 3.05) is 5.32 Å². The Hall–Kier alpha value is -0.960. The van der Waals surface area contributed by atoms with E-state index in [4.69, 9.17) is 0 Å². The number of aromatic amines is 1. The van der Waals surface area contributed by atoms with Crippen LogP contribution in [-0.2, 0) is 6.54 Å². The summed E-state index contributed by atoms with van der Waals surface area (Å²) in [6.45, 7) is 2.54. The highest BCUT2D eigenvalue weighted by molar-refractivity contribution is 14.1. The molecule has 0 aliphatic carbocycles. The smallest absolute Gasteiger partial charge is 0.266 e. The molecule has 2 N–H and O–H groups in total. The number of halogens is 1. The maximum atomic E-state index is 11.3. The van der Waals surface area contributed by atoms with Crippen LogP contribution in [0.3, 0.4) is 0 Å². The zero-order chi connectivity index (χ0) is 11.5. The quantitative estimate of drug-likeness (QED) is 0.830. The molecule has 0 amide bonds. The van der Waals surface area contributed by atoms with Gasteiger partial charge in [0.05, 0.1) is 12.9 Å². The average Bonchev–Trinajstić information content (AvgIpc) is 2.67. The minimum Gasteiger partial charge on any atom is -0.362 e. The largest absolute Gasteiger partial charge is 0.362 e. The number of anilines is 1. The normalized spacial score (nSPS) is 10.4. The van der Waals surface area contributed by atoms with Crippen LogP contribution in [0, 0.1) is 10.5 Å². The van der Waals surface area contributed by atoms with Crippen LogP contribution in [0.15, 0.2) is 16.5 Å². The predicted octanol–water partition coefficient (Wildman–Crippen LogP) is 1.75. The Labute approximate surface area is 109 Å². The van der Waals surface area contributed by atoms with E-state index in [9.17, 15) is 4.79 Å². The first-order valence-corrected chi connectivity index (χ1v) is 6.50. The molecule has 2 aromatic rings. The van der Waals surface area contributed by atoms with Crippen LogP contribution in [0.1, 0.15) is 10.7 Å². The third kappa shape index (κ3) is 2.59. The standard InChI is InChI=1S/C9H9IN4OS/c1-5-3-16-6(14-5)2-11-8-7(10)9(15)13-4-12-8/h3-4H,2H2,1H3,(H2,11,12,13,15). The van der Waals surface area contributed by atoms with Crippen LogP contribution in [0.25, 0.3) is 0 Å². The highest BCUT2D eigenvalue weighted by Crippen LogP contribution is 2.13. The van der Waals surface area contributed by atoms with Crippen LogP contribution in [0.4, 0.5) is 5.82 Å². The van der Waals surface area contributed by atoms with Gasteiger partial charge in [0.25, 0.3) is 5.56 Å². The number of hydrogen-bond acceptors (Lipinski definition) is 5. The van der Waals surface area contributed by atoms with E-state index < -0.39 is 0 Å². The lowest BCUT2D eigenvalue weighted by Crippen LogP contribution is -2.14. The number of H-pyrrole nitrogens is 1. The molecule has 0 aromatic carbocycles. The van der Waals surface area contributed by atoms with Gasteiger partial charge < -0.3 is 10.3 Å². The summed E-state index contributed by atoms with van der Waals surface area (Å²) in [5, 5.41) is 6.07. The predicted molar refractivity (Wildman–Crippen MR) is 71.8 cm³/mol. The molecule has 16 heavy (non-hydrogen) atoms. The topological polar surface area (TPSA) is 70.7 Å². The number of aromatic nitrogens is 3. The molecule has 0 aliphatic rings. The van der Waals surface area contributed by atoms with Crippen molar-refractivity contribution in [1.29, 1.82) is 0 Å². The van der Waals surface area contributed by atoms with Gasteiger partial charge in [-0.2, -0.15) is 0 Å². The lowest BCUT2D eigenvalue weighted by Gasteiger charge is -2.03. The van der Waals surface area contributed by atoms with E-state index in [2.05, 4.69) is 20.3 Å². The van der Waals surface area contributed by atoms with Crippen LogP contribution >= 0.6 is 33.9 Å². The maximum Gasteiger partial charge on any atom is 0.266 e. The summed E-state index contributed by atoms with van der Waals surface area (Å²) in [5.41, 5.74) is 0.879. The molecule has 5 nitrogen and oxygen atoms in total. The first-order chi connectivity index (χ1) is 7.66. The van der Waals surface area contributed by atoms with E-state index in [0.717, 1.165) is 10.7 Å². The van der Waals surface area contributed by atoms with Gasteiger partial charge in [-0.05, 0) is 29.5 Å². The SMILES string of the molecule is Cc1csc(CNc2nc[nH]c(=O)c2I)n1. The van der Waals surface area contributed by atoms with E-state index in [-0.39, 0.29) is 5.56 Å². The number of rotatable bonds is 3. The Balaban J connectivity index is 2.10. The number of nitrogens with zero attached hydrogens (tertiary/aromatic N) is 2. The number of nitrogens with one attached hydrogen (secondary N) is 2. The van der Waals surface area contributed by atoms with Gasteiger partial charge in [-0.3, -0.25) is 4.79 Å². The maximum absolute atomic E-state index is 11.3. The Morgan fingerprint density at radius 3 is 3.12 bits per heavy atom. The molecule has 2 heterocycles. The number of aryl methyl sites for hydroxylation is 1. The van der Waals surface area contributed by atoms with E-state index in [1.165, 1.54) is 6.33 Å². The summed E-state index contributed by atoms with van der Waals surface area (Å²) in [6.07, 6.45) is 1.39. The molecule has 0 radical (unpaired) electrons. The summed E-state index contributed by atoms with van der Waals surface area (Å²) in [6, 6.07) is 0. The third-order valence-electron chi connectivity index (χ3n) is 1.87. The van der Waals surface area contributed by atoms with Gasteiger partial charge >= 0.3 is 0 Å². The second-order valence-corrected chi connectivity index (χ2v) is 5.15. The molecule has 0 unspecified atom stereocenters. The first-order valence-electron chi connectivity index (χ1n) is 4.55. The van der Waals surface area contributed by atoms with E-state index in [0.29, 0.717) is 15.9 Å². The Morgan fingerprint density at radius 1 is 1.62 bits per heavy atom. The molecule has 0 atom stereocenters. The van der Waals surface area contributed by atoms with Gasteiger partial charge in [0.2, 0.25) is 0 Å². The fourth-order valence-electron chi connectivity index (χ4n) is 1.15. The molecule has 2 rings (SSSR count). The van der Waals surface area contributed by atoms with Crippen LogP contribution < -0.4 is 10.9 Å². The van der Waals surface area contributed by atoms with Crippen LogP contribution in [-0.4, -0.2) is 15.0 Å². The van der Waals surface area contributed by atoms with E-state index in [1.54, 1.807) is 11.3 Å². The van der Waals surface area contributed by atoms with Gasteiger partial charge in [0.1, 0.15) is 14.4 Å². The molecule has 0 bridgehead atoms. The molecule has 0 fully saturated rings. The van der Waals surface area contributed by atoms with Crippen molar-refractivity contribution >= 4 is 39.7 Å². The molecular formula is C9H9IN4OS. The summed E-state index contributed by atoms with van der Waals surface area (Å²) in [7, 11) is 0. The Morgan fingerprint density at radius 2 is 2.44 bits per heavy atom.